The van der Waals surface area contributed by atoms with Crippen LogP contribution in [0.25, 0.3) is 22.3 Å². The molecule has 3 heterocycles. The maximum Gasteiger partial charge on any atom is 0.401 e. The fourth-order valence-corrected chi connectivity index (χ4v) is 4.92. The van der Waals surface area contributed by atoms with Gasteiger partial charge in [0.15, 0.2) is 23.4 Å². The summed E-state index contributed by atoms with van der Waals surface area (Å²) >= 11 is 0. The molecule has 1 saturated carbocycles. The van der Waals surface area contributed by atoms with Crippen molar-refractivity contribution in [3.63, 3.8) is 0 Å². The number of aromatic nitrogens is 3. The molecule has 1 fully saturated rings. The summed E-state index contributed by atoms with van der Waals surface area (Å²) in [6.45, 7) is 0.0327. The number of Topliss-reactive ketones (excluding diaryl/α,β-unsaturated/α-hetero) is 1. The summed E-state index contributed by atoms with van der Waals surface area (Å²) in [6, 6.07) is 9.17. The van der Waals surface area contributed by atoms with Gasteiger partial charge in [0.05, 0.1) is 35.2 Å². The zero-order valence-electron chi connectivity index (χ0n) is 21.7. The second-order valence-electron chi connectivity index (χ2n) is 10.4. The number of hydrogen-bond acceptors (Lipinski definition) is 8. The van der Waals surface area contributed by atoms with E-state index in [1.54, 1.807) is 18.2 Å². The van der Waals surface area contributed by atoms with E-state index in [-0.39, 0.29) is 62.4 Å². The lowest BCUT2D eigenvalue weighted by molar-refractivity contribution is -0.165. The maximum absolute atomic E-state index is 14.9. The SMILES string of the molecule is O=C(CCCc1cc(C2(C(F)(F)F)CC2)on1)Cc1ccc(-c2cnc3cc4c(cc3n2)OCC(CO)O4)cc1F. The van der Waals surface area contributed by atoms with Gasteiger partial charge in [-0.3, -0.25) is 9.78 Å². The lowest BCUT2D eigenvalue weighted by atomic mass is 10.0. The van der Waals surface area contributed by atoms with E-state index in [9.17, 15) is 27.5 Å². The Hall–Kier alpha value is -4.06. The minimum atomic E-state index is -4.38. The molecule has 1 N–H and O–H groups in total. The van der Waals surface area contributed by atoms with Crippen LogP contribution in [0.3, 0.4) is 0 Å². The minimum absolute atomic E-state index is 0.0138. The number of fused-ring (bicyclic) bond motifs is 2. The first-order chi connectivity index (χ1) is 19.6. The molecule has 0 spiro atoms. The number of aliphatic hydroxyl groups is 1. The largest absolute Gasteiger partial charge is 0.486 e. The Morgan fingerprint density at radius 1 is 1.10 bits per heavy atom. The van der Waals surface area contributed by atoms with Crippen molar-refractivity contribution in [1.82, 2.24) is 15.1 Å². The van der Waals surface area contributed by atoms with Crippen molar-refractivity contribution in [2.45, 2.75) is 56.2 Å². The van der Waals surface area contributed by atoms with E-state index in [0.717, 1.165) is 0 Å². The van der Waals surface area contributed by atoms with Crippen molar-refractivity contribution < 1.29 is 41.5 Å². The predicted molar refractivity (Wildman–Crippen MR) is 137 cm³/mol. The van der Waals surface area contributed by atoms with Crippen LogP contribution in [0.2, 0.25) is 0 Å². The summed E-state index contributed by atoms with van der Waals surface area (Å²) in [4.78, 5) is 21.5. The van der Waals surface area contributed by atoms with Gasteiger partial charge < -0.3 is 19.1 Å². The van der Waals surface area contributed by atoms with Crippen molar-refractivity contribution in [1.29, 1.82) is 0 Å². The third-order valence-corrected chi connectivity index (χ3v) is 7.48. The van der Waals surface area contributed by atoms with Crippen molar-refractivity contribution in [3.05, 3.63) is 65.4 Å². The number of carbonyl (C=O) groups excluding carboxylic acids is 1. The zero-order valence-corrected chi connectivity index (χ0v) is 21.7. The number of alkyl halides is 3. The van der Waals surface area contributed by atoms with Gasteiger partial charge in [0.25, 0.3) is 0 Å². The monoisotopic (exact) mass is 571 g/mol. The van der Waals surface area contributed by atoms with Gasteiger partial charge in [0.2, 0.25) is 0 Å². The number of benzene rings is 2. The number of halogens is 4. The Morgan fingerprint density at radius 2 is 1.90 bits per heavy atom. The van der Waals surface area contributed by atoms with E-state index in [0.29, 0.717) is 45.9 Å². The quantitative estimate of drug-likeness (QED) is 0.270. The highest BCUT2D eigenvalue weighted by atomic mass is 19.4. The molecule has 1 aliphatic carbocycles. The Labute approximate surface area is 231 Å². The number of aliphatic hydroxyl groups excluding tert-OH is 1. The van der Waals surface area contributed by atoms with Crippen molar-refractivity contribution in [2.24, 2.45) is 0 Å². The highest BCUT2D eigenvalue weighted by molar-refractivity contribution is 5.82. The van der Waals surface area contributed by atoms with Crippen molar-refractivity contribution in [3.8, 4) is 22.8 Å². The number of rotatable bonds is 9. The van der Waals surface area contributed by atoms with Gasteiger partial charge in [0, 0.05) is 36.6 Å². The summed E-state index contributed by atoms with van der Waals surface area (Å²) in [5.74, 6) is 0.00495. The van der Waals surface area contributed by atoms with Crippen LogP contribution in [0, 0.1) is 5.82 Å². The van der Waals surface area contributed by atoms with Crippen LogP contribution in [0.4, 0.5) is 17.6 Å². The zero-order chi connectivity index (χ0) is 28.8. The van der Waals surface area contributed by atoms with E-state index in [1.807, 2.05) is 0 Å². The molecule has 1 atom stereocenters. The highest BCUT2D eigenvalue weighted by Crippen LogP contribution is 2.59. The Balaban J connectivity index is 1.07. The third-order valence-electron chi connectivity index (χ3n) is 7.48. The average molecular weight is 572 g/mol. The summed E-state index contributed by atoms with van der Waals surface area (Å²) in [6.07, 6.45) is -2.70. The van der Waals surface area contributed by atoms with Crippen LogP contribution in [-0.4, -0.2) is 51.5 Å². The van der Waals surface area contributed by atoms with E-state index >= 15 is 0 Å². The molecule has 1 unspecified atom stereocenters. The molecule has 4 aromatic rings. The van der Waals surface area contributed by atoms with Crippen LogP contribution in [-0.2, 0) is 23.1 Å². The average Bonchev–Trinajstić information content (AvgIpc) is 3.65. The number of nitrogens with zero attached hydrogens (tertiary/aromatic N) is 3. The molecule has 2 aromatic heterocycles. The lowest BCUT2D eigenvalue weighted by Crippen LogP contribution is -2.32. The van der Waals surface area contributed by atoms with Crippen LogP contribution in [0.15, 0.2) is 47.1 Å². The molecule has 41 heavy (non-hydrogen) atoms. The summed E-state index contributed by atoms with van der Waals surface area (Å²) in [7, 11) is 0. The molecule has 214 valence electrons. The first-order valence-electron chi connectivity index (χ1n) is 13.2. The Morgan fingerprint density at radius 3 is 2.63 bits per heavy atom. The normalized spacial score (nSPS) is 17.5. The smallest absolute Gasteiger partial charge is 0.401 e. The van der Waals surface area contributed by atoms with Crippen LogP contribution >= 0.6 is 0 Å². The molecule has 1 aliphatic heterocycles. The number of ether oxygens (including phenoxy) is 2. The van der Waals surface area contributed by atoms with Crippen LogP contribution in [0.5, 0.6) is 11.5 Å². The first kappa shape index (κ1) is 27.1. The maximum atomic E-state index is 14.9. The van der Waals surface area contributed by atoms with E-state index < -0.39 is 23.5 Å². The number of ketones is 1. The molecule has 6 rings (SSSR count). The van der Waals surface area contributed by atoms with E-state index in [2.05, 4.69) is 15.1 Å². The summed E-state index contributed by atoms with van der Waals surface area (Å²) < 4.78 is 71.0. The standard InChI is InChI=1S/C29H25F4N3O5/c30-21-9-17(24-13-34-22-11-26-25(12-23(22)35-24)39-15-20(14-37)40-26)5-4-16(21)8-19(38)3-1-2-18-10-27(41-36-18)28(6-7-28)29(31,32)33/h4-5,9-13,20,37H,1-3,6-8,14-15H2. The van der Waals surface area contributed by atoms with Gasteiger partial charge in [-0.15, -0.1) is 0 Å². The summed E-state index contributed by atoms with van der Waals surface area (Å²) in [5, 5.41) is 13.0. The van der Waals surface area contributed by atoms with Crippen LogP contribution in [0.1, 0.15) is 42.7 Å². The van der Waals surface area contributed by atoms with Gasteiger partial charge in [0.1, 0.15) is 23.6 Å². The molecule has 8 nitrogen and oxygen atoms in total. The first-order valence-corrected chi connectivity index (χ1v) is 13.2. The molecule has 2 aliphatic rings. The summed E-state index contributed by atoms with van der Waals surface area (Å²) in [5.41, 5.74) is 0.661. The molecule has 12 heteroatoms. The van der Waals surface area contributed by atoms with Crippen molar-refractivity contribution in [2.75, 3.05) is 13.2 Å². The third kappa shape index (κ3) is 5.35. The molecule has 0 radical (unpaired) electrons. The van der Waals surface area contributed by atoms with Gasteiger partial charge >= 0.3 is 6.18 Å². The fourth-order valence-electron chi connectivity index (χ4n) is 4.92. The van der Waals surface area contributed by atoms with Gasteiger partial charge in [-0.2, -0.15) is 13.2 Å². The number of hydrogen-bond donors (Lipinski definition) is 1. The fraction of sp³-hybridized carbons (Fsp3) is 0.379. The van der Waals surface area contributed by atoms with E-state index in [1.165, 1.54) is 24.4 Å². The molecule has 0 amide bonds. The Bertz CT molecular complexity index is 1620. The van der Waals surface area contributed by atoms with E-state index in [4.69, 9.17) is 14.0 Å². The Kier molecular flexibility index (Phi) is 6.88. The highest BCUT2D eigenvalue weighted by Gasteiger charge is 2.66. The van der Waals surface area contributed by atoms with Crippen LogP contribution < -0.4 is 9.47 Å². The molecular formula is C29H25F4N3O5. The van der Waals surface area contributed by atoms with Gasteiger partial charge in [-0.1, -0.05) is 17.3 Å². The molecule has 2 aromatic carbocycles. The van der Waals surface area contributed by atoms with Gasteiger partial charge in [-0.05, 0) is 37.3 Å². The molecule has 0 bridgehead atoms. The lowest BCUT2D eigenvalue weighted by Gasteiger charge is -2.25. The number of aryl methyl sites for hydroxylation is 1. The number of carbonyl (C=O) groups is 1. The second-order valence-corrected chi connectivity index (χ2v) is 10.4. The van der Waals surface area contributed by atoms with Crippen molar-refractivity contribution >= 4 is 16.8 Å². The molecular weight excluding hydrogens is 546 g/mol. The minimum Gasteiger partial charge on any atom is -0.486 e. The van der Waals surface area contributed by atoms with Gasteiger partial charge in [-0.25, -0.2) is 9.37 Å². The molecule has 0 saturated heterocycles. The second kappa shape index (κ2) is 10.4. The predicted octanol–water partition coefficient (Wildman–Crippen LogP) is 5.28. The topological polar surface area (TPSA) is 108 Å².